The first-order chi connectivity index (χ1) is 16.8. The number of hydrogen-bond acceptors (Lipinski definition) is 8. The van der Waals surface area contributed by atoms with Crippen LogP contribution in [0.3, 0.4) is 0 Å². The second-order valence-electron chi connectivity index (χ2n) is 7.60. The van der Waals surface area contributed by atoms with Crippen molar-refractivity contribution in [3.63, 3.8) is 0 Å². The number of aromatic nitrogens is 4. The third kappa shape index (κ3) is 4.71. The zero-order valence-electron chi connectivity index (χ0n) is 18.5. The minimum atomic E-state index is -0.735. The van der Waals surface area contributed by atoms with Gasteiger partial charge in [0.05, 0.1) is 21.9 Å². The second-order valence-corrected chi connectivity index (χ2v) is 7.60. The van der Waals surface area contributed by atoms with Crippen molar-refractivity contribution in [1.82, 2.24) is 20.2 Å². The number of hydrogen-bond donors (Lipinski definition) is 1. The van der Waals surface area contributed by atoms with Gasteiger partial charge < -0.3 is 10.2 Å². The Kier molecular flexibility index (Phi) is 6.27. The van der Waals surface area contributed by atoms with Gasteiger partial charge in [0.15, 0.2) is 5.78 Å². The Labute approximate surface area is 197 Å². The summed E-state index contributed by atoms with van der Waals surface area (Å²) in [5, 5.41) is 24.7. The fourth-order valence-corrected chi connectivity index (χ4v) is 3.44. The maximum Gasteiger partial charge on any atom is 0.293 e. The lowest BCUT2D eigenvalue weighted by Crippen LogP contribution is -2.18. The third-order valence-corrected chi connectivity index (χ3v) is 5.14. The minimum absolute atomic E-state index is 0.00828. The molecule has 1 amide bonds. The van der Waals surface area contributed by atoms with Crippen molar-refractivity contribution < 1.29 is 18.9 Å². The van der Waals surface area contributed by atoms with E-state index in [0.29, 0.717) is 11.4 Å². The summed E-state index contributed by atoms with van der Waals surface area (Å²) in [7, 11) is 3.30. The Morgan fingerprint density at radius 1 is 1.06 bits per heavy atom. The number of halogens is 1. The number of ketones is 1. The van der Waals surface area contributed by atoms with Crippen LogP contribution in [-0.2, 0) is 0 Å². The molecule has 0 aliphatic carbocycles. The lowest BCUT2D eigenvalue weighted by molar-refractivity contribution is -0.384. The van der Waals surface area contributed by atoms with Crippen molar-refractivity contribution in [2.75, 3.05) is 24.3 Å². The largest absolute Gasteiger partial charge is 0.372 e. The van der Waals surface area contributed by atoms with Crippen LogP contribution in [0.4, 0.5) is 21.5 Å². The lowest BCUT2D eigenvalue weighted by Gasteiger charge is -2.14. The van der Waals surface area contributed by atoms with Crippen LogP contribution in [0.2, 0.25) is 0 Å². The van der Waals surface area contributed by atoms with Gasteiger partial charge in [-0.05, 0) is 46.8 Å². The van der Waals surface area contributed by atoms with Crippen LogP contribution in [0, 0.1) is 15.9 Å². The predicted molar refractivity (Wildman–Crippen MR) is 124 cm³/mol. The highest BCUT2D eigenvalue weighted by Crippen LogP contribution is 2.29. The average Bonchev–Trinajstić information content (AvgIpc) is 3.39. The van der Waals surface area contributed by atoms with Gasteiger partial charge in [0.2, 0.25) is 0 Å². The maximum atomic E-state index is 14.4. The van der Waals surface area contributed by atoms with Gasteiger partial charge in [-0.25, -0.2) is 9.07 Å². The van der Waals surface area contributed by atoms with Gasteiger partial charge in [0.1, 0.15) is 17.8 Å². The molecule has 0 unspecified atom stereocenters. The van der Waals surface area contributed by atoms with Gasteiger partial charge in [-0.1, -0.05) is 18.2 Å². The molecule has 1 aromatic heterocycles. The van der Waals surface area contributed by atoms with E-state index in [2.05, 4.69) is 20.8 Å². The molecule has 4 aromatic rings. The van der Waals surface area contributed by atoms with E-state index in [4.69, 9.17) is 0 Å². The molecule has 12 heteroatoms. The SMILES string of the molecule is CN(C)c1ccc(C(=O)c2ccccc2C(=O)Nc2cc(-n3cnnn3)ccc2F)cc1[N+](=O)[O-]. The molecule has 3 aromatic carbocycles. The minimum Gasteiger partial charge on any atom is -0.372 e. The summed E-state index contributed by atoms with van der Waals surface area (Å²) < 4.78 is 15.7. The number of rotatable bonds is 7. The van der Waals surface area contributed by atoms with Gasteiger partial charge >= 0.3 is 0 Å². The molecule has 0 radical (unpaired) electrons. The van der Waals surface area contributed by atoms with Crippen molar-refractivity contribution in [2.45, 2.75) is 0 Å². The summed E-state index contributed by atoms with van der Waals surface area (Å²) in [6.45, 7) is 0. The van der Waals surface area contributed by atoms with E-state index in [1.54, 1.807) is 31.1 Å². The van der Waals surface area contributed by atoms with Gasteiger partial charge in [0, 0.05) is 31.3 Å². The molecule has 0 aliphatic heterocycles. The molecule has 0 saturated heterocycles. The molecule has 0 bridgehead atoms. The number of carbonyl (C=O) groups is 2. The maximum absolute atomic E-state index is 14.4. The van der Waals surface area contributed by atoms with Crippen LogP contribution in [0.5, 0.6) is 0 Å². The summed E-state index contributed by atoms with van der Waals surface area (Å²) in [4.78, 5) is 38.8. The van der Waals surface area contributed by atoms with Crippen molar-refractivity contribution in [2.24, 2.45) is 0 Å². The van der Waals surface area contributed by atoms with Crippen molar-refractivity contribution in [3.8, 4) is 5.69 Å². The number of nitrogens with one attached hydrogen (secondary N) is 1. The third-order valence-electron chi connectivity index (χ3n) is 5.14. The fourth-order valence-electron chi connectivity index (χ4n) is 3.44. The van der Waals surface area contributed by atoms with Gasteiger partial charge in [-0.15, -0.1) is 5.10 Å². The molecule has 35 heavy (non-hydrogen) atoms. The summed E-state index contributed by atoms with van der Waals surface area (Å²) in [5.74, 6) is -2.03. The van der Waals surface area contributed by atoms with Gasteiger partial charge in [-0.2, -0.15) is 0 Å². The fraction of sp³-hybridized carbons (Fsp3) is 0.0870. The van der Waals surface area contributed by atoms with E-state index in [1.807, 2.05) is 0 Å². The molecular formula is C23H18FN7O4. The number of benzene rings is 3. The number of carbonyl (C=O) groups excluding carboxylic acids is 2. The van der Waals surface area contributed by atoms with Crippen molar-refractivity contribution in [1.29, 1.82) is 0 Å². The Morgan fingerprint density at radius 3 is 2.46 bits per heavy atom. The standard InChI is InChI=1S/C23H18FN7O4/c1-29(2)20-10-7-14(11-21(20)31(34)35)22(32)16-5-3-4-6-17(16)23(33)26-19-12-15(8-9-18(19)24)30-13-25-27-28-30/h3-13H,1-2H3,(H,26,33). The Balaban J connectivity index is 1.67. The van der Waals surface area contributed by atoms with Crippen LogP contribution in [0.25, 0.3) is 5.69 Å². The van der Waals surface area contributed by atoms with E-state index in [9.17, 15) is 24.1 Å². The van der Waals surface area contributed by atoms with E-state index in [0.717, 1.165) is 6.07 Å². The second kappa shape index (κ2) is 9.47. The Bertz CT molecular complexity index is 1440. The molecule has 4 rings (SSSR count). The highest BCUT2D eigenvalue weighted by molar-refractivity contribution is 6.18. The first-order valence-electron chi connectivity index (χ1n) is 10.2. The van der Waals surface area contributed by atoms with Crippen LogP contribution < -0.4 is 10.2 Å². The number of nitro groups is 1. The molecule has 0 spiro atoms. The summed E-state index contributed by atoms with van der Waals surface area (Å²) in [6, 6.07) is 14.0. The van der Waals surface area contributed by atoms with E-state index < -0.39 is 22.4 Å². The first-order valence-corrected chi connectivity index (χ1v) is 10.2. The van der Waals surface area contributed by atoms with Gasteiger partial charge in [-0.3, -0.25) is 19.7 Å². The molecule has 1 heterocycles. The van der Waals surface area contributed by atoms with Gasteiger partial charge in [0.25, 0.3) is 11.6 Å². The Morgan fingerprint density at radius 2 is 1.80 bits per heavy atom. The Hall–Kier alpha value is -5.00. The molecule has 1 N–H and O–H groups in total. The number of tetrazole rings is 1. The number of nitro benzene ring substituents is 1. The van der Waals surface area contributed by atoms with Crippen LogP contribution in [0.1, 0.15) is 26.3 Å². The molecule has 0 aliphatic rings. The quantitative estimate of drug-likeness (QED) is 0.244. The summed E-state index contributed by atoms with van der Waals surface area (Å²) >= 11 is 0. The predicted octanol–water partition coefficient (Wildman–Crippen LogP) is 3.26. The van der Waals surface area contributed by atoms with Crippen molar-refractivity contribution in [3.05, 3.63) is 99.6 Å². The van der Waals surface area contributed by atoms with E-state index in [-0.39, 0.29) is 28.1 Å². The van der Waals surface area contributed by atoms with Crippen LogP contribution >= 0.6 is 0 Å². The number of nitrogens with zero attached hydrogens (tertiary/aromatic N) is 6. The molecule has 176 valence electrons. The number of anilines is 2. The average molecular weight is 475 g/mol. The highest BCUT2D eigenvalue weighted by atomic mass is 19.1. The zero-order valence-corrected chi connectivity index (χ0v) is 18.5. The van der Waals surface area contributed by atoms with Crippen LogP contribution in [-0.4, -0.2) is 50.9 Å². The smallest absolute Gasteiger partial charge is 0.293 e. The molecule has 0 fully saturated rings. The molecule has 0 atom stereocenters. The van der Waals surface area contributed by atoms with E-state index in [1.165, 1.54) is 53.5 Å². The number of amides is 1. The molecule has 0 saturated carbocycles. The molecular weight excluding hydrogens is 457 g/mol. The first kappa shape index (κ1) is 23.2. The lowest BCUT2D eigenvalue weighted by atomic mass is 9.97. The normalized spacial score (nSPS) is 10.6. The van der Waals surface area contributed by atoms with Crippen LogP contribution in [0.15, 0.2) is 67.0 Å². The topological polar surface area (TPSA) is 136 Å². The monoisotopic (exact) mass is 475 g/mol. The molecule has 11 nitrogen and oxygen atoms in total. The van der Waals surface area contributed by atoms with E-state index >= 15 is 0 Å². The van der Waals surface area contributed by atoms with Crippen molar-refractivity contribution >= 4 is 28.8 Å². The summed E-state index contributed by atoms with van der Waals surface area (Å²) in [6.07, 6.45) is 1.31. The summed E-state index contributed by atoms with van der Waals surface area (Å²) in [5.41, 5.74) is 0.368. The zero-order chi connectivity index (χ0) is 25.1. The highest BCUT2D eigenvalue weighted by Gasteiger charge is 2.23.